The van der Waals surface area contributed by atoms with Gasteiger partial charge >= 0.3 is 0 Å². The minimum Gasteiger partial charge on any atom is -0.351 e. The molecule has 1 aromatic carbocycles. The molecule has 2 aliphatic rings. The number of nitrogens with one attached hydrogen (secondary N) is 2. The van der Waals surface area contributed by atoms with E-state index in [0.717, 1.165) is 31.3 Å². The van der Waals surface area contributed by atoms with Gasteiger partial charge in [-0.1, -0.05) is 19.1 Å². The molecule has 2 fully saturated rings. The van der Waals surface area contributed by atoms with Crippen molar-refractivity contribution < 1.29 is 22.0 Å². The highest BCUT2D eigenvalue weighted by molar-refractivity contribution is 5.76. The number of imidazole rings is 1. The zero-order valence-corrected chi connectivity index (χ0v) is 20.0. The first-order valence-electron chi connectivity index (χ1n) is 11.9. The molecule has 0 aliphatic heterocycles. The fourth-order valence-corrected chi connectivity index (χ4v) is 5.04. The van der Waals surface area contributed by atoms with Crippen molar-refractivity contribution in [3.05, 3.63) is 47.9 Å². The van der Waals surface area contributed by atoms with E-state index in [-0.39, 0.29) is 36.2 Å². The molecule has 0 radical (unpaired) electrons. The van der Waals surface area contributed by atoms with Gasteiger partial charge in [0, 0.05) is 37.1 Å². The van der Waals surface area contributed by atoms with Crippen molar-refractivity contribution in [2.45, 2.75) is 70.4 Å². The molecular formula is C25H27F5N6. The van der Waals surface area contributed by atoms with E-state index in [9.17, 15) is 22.0 Å². The largest absolute Gasteiger partial charge is 0.351 e. The quantitative estimate of drug-likeness (QED) is 0.281. The van der Waals surface area contributed by atoms with Crippen LogP contribution in [0.5, 0.6) is 0 Å². The molecule has 2 aromatic heterocycles. The number of anilines is 3. The van der Waals surface area contributed by atoms with Crippen LogP contribution in [-0.2, 0) is 0 Å². The second-order valence-electron chi connectivity index (χ2n) is 10.3. The Bertz CT molecular complexity index is 1300. The summed E-state index contributed by atoms with van der Waals surface area (Å²) in [5.74, 6) is -5.59. The molecular weight excluding hydrogens is 479 g/mol. The summed E-state index contributed by atoms with van der Waals surface area (Å²) in [5, 5.41) is 5.62. The Morgan fingerprint density at radius 3 is 2.31 bits per heavy atom. The second kappa shape index (κ2) is 8.70. The molecule has 0 atom stereocenters. The monoisotopic (exact) mass is 506 g/mol. The van der Waals surface area contributed by atoms with Crippen molar-refractivity contribution in [1.82, 2.24) is 19.5 Å². The molecule has 3 aromatic rings. The average molecular weight is 507 g/mol. The number of nitrogens with zero attached hydrogens (tertiary/aromatic N) is 4. The van der Waals surface area contributed by atoms with Crippen molar-refractivity contribution >= 4 is 28.7 Å². The van der Waals surface area contributed by atoms with Crippen molar-refractivity contribution in [2.24, 2.45) is 5.41 Å². The summed E-state index contributed by atoms with van der Waals surface area (Å²) >= 11 is 0. The Labute approximate surface area is 205 Å². The molecule has 0 bridgehead atoms. The normalized spacial score (nSPS) is 23.9. The number of fused-ring (bicyclic) bond motifs is 1. The first kappa shape index (κ1) is 24.5. The SMILES string of the molecule is C=C(C)[C@]1(C)CC[C@H](n2c(Nc3c(F)cc(F)cc3F)nc3cnc(NC4CC(F)(F)C4)nc32)CC1. The summed E-state index contributed by atoms with van der Waals surface area (Å²) in [5.41, 5.74) is 1.33. The Hall–Kier alpha value is -3.24. The van der Waals surface area contributed by atoms with Gasteiger partial charge in [0.1, 0.15) is 17.0 Å². The molecule has 0 spiro atoms. The van der Waals surface area contributed by atoms with Crippen LogP contribution in [0.25, 0.3) is 11.2 Å². The lowest BCUT2D eigenvalue weighted by molar-refractivity contribution is -0.0794. The molecule has 5 rings (SSSR count). The van der Waals surface area contributed by atoms with Gasteiger partial charge in [-0.3, -0.25) is 4.57 Å². The van der Waals surface area contributed by atoms with Gasteiger partial charge in [-0.15, -0.1) is 0 Å². The Kier molecular flexibility index (Phi) is 5.91. The summed E-state index contributed by atoms with van der Waals surface area (Å²) in [6, 6.07) is 0.633. The Morgan fingerprint density at radius 2 is 1.72 bits per heavy atom. The molecule has 6 nitrogen and oxygen atoms in total. The number of aromatic nitrogens is 4. The number of allylic oxidation sites excluding steroid dienone is 1. The van der Waals surface area contributed by atoms with E-state index < -0.39 is 35.1 Å². The van der Waals surface area contributed by atoms with Crippen molar-refractivity contribution in [1.29, 1.82) is 0 Å². The van der Waals surface area contributed by atoms with E-state index in [1.807, 2.05) is 6.92 Å². The van der Waals surface area contributed by atoms with E-state index >= 15 is 0 Å². The van der Waals surface area contributed by atoms with Gasteiger partial charge < -0.3 is 10.6 Å². The van der Waals surface area contributed by atoms with Gasteiger partial charge in [-0.05, 0) is 38.0 Å². The van der Waals surface area contributed by atoms with Crippen LogP contribution in [0, 0.1) is 22.9 Å². The van der Waals surface area contributed by atoms with Gasteiger partial charge in [0.25, 0.3) is 5.92 Å². The highest BCUT2D eigenvalue weighted by atomic mass is 19.3. The summed E-state index contributed by atoms with van der Waals surface area (Å²) < 4.78 is 70.7. The van der Waals surface area contributed by atoms with E-state index in [2.05, 4.69) is 39.1 Å². The number of alkyl halides is 2. The average Bonchev–Trinajstić information content (AvgIpc) is 3.13. The van der Waals surface area contributed by atoms with Crippen LogP contribution in [0.1, 0.15) is 58.4 Å². The predicted molar refractivity (Wildman–Crippen MR) is 127 cm³/mol. The van der Waals surface area contributed by atoms with Crippen LogP contribution in [0.2, 0.25) is 0 Å². The summed E-state index contributed by atoms with van der Waals surface area (Å²) in [6.45, 7) is 8.30. The number of rotatable bonds is 6. The standard InChI is InChI=1S/C25H27F5N6/c1-13(2)24(3)6-4-16(5-7-24)36-21-19(12-31-22(35-21)32-15-10-25(29,30)11-15)33-23(36)34-20-17(27)8-14(26)9-18(20)28/h8-9,12,15-16H,1,4-7,10-11H2,2-3H3,(H,33,34)(H,31,32,35)/t16-,24+. The van der Waals surface area contributed by atoms with E-state index in [0.29, 0.717) is 23.3 Å². The fourth-order valence-electron chi connectivity index (χ4n) is 5.04. The third-order valence-corrected chi connectivity index (χ3v) is 7.55. The maximum Gasteiger partial charge on any atom is 0.252 e. The molecule has 0 amide bonds. The topological polar surface area (TPSA) is 67.7 Å². The minimum absolute atomic E-state index is 0.0210. The third kappa shape index (κ3) is 4.51. The van der Waals surface area contributed by atoms with Crippen LogP contribution in [0.3, 0.4) is 0 Å². The van der Waals surface area contributed by atoms with Crippen LogP contribution in [-0.4, -0.2) is 31.5 Å². The van der Waals surface area contributed by atoms with Crippen LogP contribution in [0.15, 0.2) is 30.5 Å². The van der Waals surface area contributed by atoms with Crippen LogP contribution >= 0.6 is 0 Å². The van der Waals surface area contributed by atoms with Gasteiger partial charge in [0.2, 0.25) is 11.9 Å². The zero-order chi connectivity index (χ0) is 25.8. The first-order valence-corrected chi connectivity index (χ1v) is 11.9. The molecule has 11 heteroatoms. The lowest BCUT2D eigenvalue weighted by Gasteiger charge is -2.38. The lowest BCUT2D eigenvalue weighted by atomic mass is 9.70. The maximum absolute atomic E-state index is 14.4. The van der Waals surface area contributed by atoms with Crippen molar-refractivity contribution in [3.63, 3.8) is 0 Å². The summed E-state index contributed by atoms with van der Waals surface area (Å²) in [4.78, 5) is 13.2. The molecule has 2 aliphatic carbocycles. The molecule has 36 heavy (non-hydrogen) atoms. The Balaban J connectivity index is 1.52. The number of halogens is 5. The third-order valence-electron chi connectivity index (χ3n) is 7.55. The molecule has 2 N–H and O–H groups in total. The Morgan fingerprint density at radius 1 is 1.08 bits per heavy atom. The van der Waals surface area contributed by atoms with Crippen molar-refractivity contribution in [2.75, 3.05) is 10.6 Å². The smallest absolute Gasteiger partial charge is 0.252 e. The molecule has 0 saturated heterocycles. The second-order valence-corrected chi connectivity index (χ2v) is 10.3. The fraction of sp³-hybridized carbons (Fsp3) is 0.480. The predicted octanol–water partition coefficient (Wildman–Crippen LogP) is 6.89. The molecule has 2 heterocycles. The molecule has 192 valence electrons. The first-order chi connectivity index (χ1) is 16.9. The summed E-state index contributed by atoms with van der Waals surface area (Å²) in [6.07, 6.45) is 4.01. The van der Waals surface area contributed by atoms with E-state index in [1.54, 1.807) is 4.57 Å². The van der Waals surface area contributed by atoms with Crippen LogP contribution in [0.4, 0.5) is 39.5 Å². The highest BCUT2D eigenvalue weighted by Gasteiger charge is 2.45. The zero-order valence-electron chi connectivity index (χ0n) is 20.0. The molecule has 2 saturated carbocycles. The van der Waals surface area contributed by atoms with E-state index in [4.69, 9.17) is 0 Å². The minimum atomic E-state index is -2.69. The van der Waals surface area contributed by atoms with Crippen LogP contribution < -0.4 is 10.6 Å². The number of hydrogen-bond acceptors (Lipinski definition) is 5. The van der Waals surface area contributed by atoms with Gasteiger partial charge in [-0.25, -0.2) is 31.9 Å². The van der Waals surface area contributed by atoms with Gasteiger partial charge in [0.15, 0.2) is 17.3 Å². The lowest BCUT2D eigenvalue weighted by Crippen LogP contribution is -2.44. The maximum atomic E-state index is 14.4. The molecule has 0 unspecified atom stereocenters. The van der Waals surface area contributed by atoms with Gasteiger partial charge in [0.05, 0.1) is 6.20 Å². The van der Waals surface area contributed by atoms with Crippen molar-refractivity contribution in [3.8, 4) is 0 Å². The van der Waals surface area contributed by atoms with E-state index in [1.165, 1.54) is 6.20 Å². The van der Waals surface area contributed by atoms with Gasteiger partial charge in [-0.2, -0.15) is 4.98 Å². The summed E-state index contributed by atoms with van der Waals surface area (Å²) in [7, 11) is 0. The number of hydrogen-bond donors (Lipinski definition) is 2. The number of benzene rings is 1. The highest BCUT2D eigenvalue weighted by Crippen LogP contribution is 2.46.